The van der Waals surface area contributed by atoms with E-state index in [0.717, 1.165) is 17.7 Å². The van der Waals surface area contributed by atoms with E-state index in [-0.39, 0.29) is 5.91 Å². The molecule has 0 saturated heterocycles. The number of benzene rings is 2. The average molecular weight is 356 g/mol. The first-order chi connectivity index (χ1) is 12.5. The molecule has 140 valence electrons. The van der Waals surface area contributed by atoms with Crippen LogP contribution >= 0.6 is 0 Å². The summed E-state index contributed by atoms with van der Waals surface area (Å²) in [6, 6.07) is 13.9. The highest BCUT2D eigenvalue weighted by Crippen LogP contribution is 2.27. The zero-order chi connectivity index (χ0) is 18.9. The summed E-state index contributed by atoms with van der Waals surface area (Å²) in [5, 5.41) is 3.02. The number of carbonyl (C=O) groups is 1. The molecule has 0 aliphatic heterocycles. The second kappa shape index (κ2) is 9.82. The molecule has 0 unspecified atom stereocenters. The number of hydrogen-bond donors (Lipinski definition) is 1. The van der Waals surface area contributed by atoms with Gasteiger partial charge in [-0.1, -0.05) is 30.3 Å². The highest BCUT2D eigenvalue weighted by Gasteiger charge is 2.08. The normalized spacial score (nSPS) is 10.7. The van der Waals surface area contributed by atoms with Crippen LogP contribution < -0.4 is 14.8 Å². The molecule has 0 heterocycles. The lowest BCUT2D eigenvalue weighted by Gasteiger charge is -2.14. The van der Waals surface area contributed by atoms with Gasteiger partial charge in [0.15, 0.2) is 11.5 Å². The Labute approximate surface area is 155 Å². The first-order valence-electron chi connectivity index (χ1n) is 8.72. The number of methoxy groups -OCH3 is 2. The van der Waals surface area contributed by atoms with Gasteiger partial charge in [0, 0.05) is 19.5 Å². The van der Waals surface area contributed by atoms with Crippen molar-refractivity contribution in [3.05, 3.63) is 59.2 Å². The van der Waals surface area contributed by atoms with Crippen LogP contribution in [0.1, 0.15) is 23.1 Å². The molecule has 0 atom stereocenters. The van der Waals surface area contributed by atoms with E-state index in [9.17, 15) is 4.79 Å². The predicted molar refractivity (Wildman–Crippen MR) is 104 cm³/mol. The van der Waals surface area contributed by atoms with E-state index in [2.05, 4.69) is 22.3 Å². The van der Waals surface area contributed by atoms with Gasteiger partial charge in [-0.05, 0) is 49.3 Å². The standard InChI is InChI=1S/C21H28N2O3/c1-23(2)15-18-8-6-5-7-17(18)14-22-21(24)12-10-16-9-11-19(25-3)20(13-16)26-4/h5-9,11,13H,10,12,14-15H2,1-4H3,(H,22,24). The van der Waals surface area contributed by atoms with Crippen LogP contribution in [-0.4, -0.2) is 39.1 Å². The average Bonchev–Trinajstić information content (AvgIpc) is 2.64. The van der Waals surface area contributed by atoms with Crippen LogP contribution in [0.5, 0.6) is 11.5 Å². The van der Waals surface area contributed by atoms with Gasteiger partial charge in [0.25, 0.3) is 0 Å². The summed E-state index contributed by atoms with van der Waals surface area (Å²) in [5.74, 6) is 1.42. The molecule has 5 heteroatoms. The Kier molecular flexibility index (Phi) is 7.48. The first kappa shape index (κ1) is 19.8. The summed E-state index contributed by atoms with van der Waals surface area (Å²) in [6.45, 7) is 1.41. The molecule has 0 fully saturated rings. The van der Waals surface area contributed by atoms with E-state index in [1.165, 1.54) is 5.56 Å². The van der Waals surface area contributed by atoms with Crippen molar-refractivity contribution >= 4 is 5.91 Å². The van der Waals surface area contributed by atoms with Crippen molar-refractivity contribution in [2.24, 2.45) is 0 Å². The predicted octanol–water partition coefficient (Wildman–Crippen LogP) is 3.01. The van der Waals surface area contributed by atoms with E-state index in [4.69, 9.17) is 9.47 Å². The van der Waals surface area contributed by atoms with Crippen LogP contribution in [0.15, 0.2) is 42.5 Å². The number of amides is 1. The van der Waals surface area contributed by atoms with Gasteiger partial charge in [0.1, 0.15) is 0 Å². The van der Waals surface area contributed by atoms with Gasteiger partial charge < -0.3 is 19.7 Å². The largest absolute Gasteiger partial charge is 0.493 e. The summed E-state index contributed by atoms with van der Waals surface area (Å²) in [6.07, 6.45) is 1.09. The summed E-state index contributed by atoms with van der Waals surface area (Å²) < 4.78 is 10.5. The molecule has 2 aromatic rings. The Balaban J connectivity index is 1.88. The van der Waals surface area contributed by atoms with Crippen LogP contribution in [0.3, 0.4) is 0 Å². The zero-order valence-electron chi connectivity index (χ0n) is 16.0. The Morgan fingerprint density at radius 2 is 1.69 bits per heavy atom. The summed E-state index contributed by atoms with van der Waals surface area (Å²) >= 11 is 0. The SMILES string of the molecule is COc1ccc(CCC(=O)NCc2ccccc2CN(C)C)cc1OC. The van der Waals surface area contributed by atoms with Gasteiger partial charge in [-0.25, -0.2) is 0 Å². The minimum atomic E-state index is 0.0411. The van der Waals surface area contributed by atoms with Gasteiger partial charge >= 0.3 is 0 Å². The topological polar surface area (TPSA) is 50.8 Å². The fourth-order valence-corrected chi connectivity index (χ4v) is 2.80. The molecule has 0 bridgehead atoms. The van der Waals surface area contributed by atoms with Gasteiger partial charge in [-0.3, -0.25) is 4.79 Å². The van der Waals surface area contributed by atoms with Crippen molar-refractivity contribution in [3.8, 4) is 11.5 Å². The number of nitrogens with one attached hydrogen (secondary N) is 1. The van der Waals surface area contributed by atoms with Gasteiger partial charge in [0.05, 0.1) is 14.2 Å². The fourth-order valence-electron chi connectivity index (χ4n) is 2.80. The second-order valence-corrected chi connectivity index (χ2v) is 6.47. The quantitative estimate of drug-likeness (QED) is 0.750. The number of carbonyl (C=O) groups excluding carboxylic acids is 1. The van der Waals surface area contributed by atoms with Gasteiger partial charge in [0.2, 0.25) is 5.91 Å². The maximum atomic E-state index is 12.2. The number of rotatable bonds is 9. The molecule has 5 nitrogen and oxygen atoms in total. The minimum Gasteiger partial charge on any atom is -0.493 e. The molecule has 2 rings (SSSR count). The lowest BCUT2D eigenvalue weighted by molar-refractivity contribution is -0.121. The summed E-state index contributed by atoms with van der Waals surface area (Å²) in [7, 11) is 7.30. The van der Waals surface area contributed by atoms with Crippen LogP contribution in [0, 0.1) is 0 Å². The Morgan fingerprint density at radius 1 is 1.00 bits per heavy atom. The smallest absolute Gasteiger partial charge is 0.220 e. The molecule has 0 aliphatic carbocycles. The van der Waals surface area contributed by atoms with Crippen molar-refractivity contribution < 1.29 is 14.3 Å². The molecule has 1 amide bonds. The van der Waals surface area contributed by atoms with E-state index in [1.807, 2.05) is 44.4 Å². The summed E-state index contributed by atoms with van der Waals surface area (Å²) in [4.78, 5) is 14.3. The Morgan fingerprint density at radius 3 is 2.35 bits per heavy atom. The van der Waals surface area contributed by atoms with Gasteiger partial charge in [-0.2, -0.15) is 0 Å². The third-order valence-electron chi connectivity index (χ3n) is 4.17. The van der Waals surface area contributed by atoms with Crippen molar-refractivity contribution in [1.82, 2.24) is 10.2 Å². The van der Waals surface area contributed by atoms with E-state index in [0.29, 0.717) is 30.9 Å². The van der Waals surface area contributed by atoms with E-state index in [1.54, 1.807) is 14.2 Å². The van der Waals surface area contributed by atoms with E-state index < -0.39 is 0 Å². The second-order valence-electron chi connectivity index (χ2n) is 6.47. The maximum absolute atomic E-state index is 12.2. The summed E-state index contributed by atoms with van der Waals surface area (Å²) in [5.41, 5.74) is 3.43. The lowest BCUT2D eigenvalue weighted by Crippen LogP contribution is -2.24. The molecule has 0 aromatic heterocycles. The lowest BCUT2D eigenvalue weighted by atomic mass is 10.1. The number of ether oxygens (including phenoxy) is 2. The highest BCUT2D eigenvalue weighted by atomic mass is 16.5. The molecular weight excluding hydrogens is 328 g/mol. The van der Waals surface area contributed by atoms with Crippen molar-refractivity contribution in [3.63, 3.8) is 0 Å². The van der Waals surface area contributed by atoms with Crippen LogP contribution in [0.4, 0.5) is 0 Å². The third-order valence-corrected chi connectivity index (χ3v) is 4.17. The Hall–Kier alpha value is -2.53. The Bertz CT molecular complexity index is 729. The molecular formula is C21H28N2O3. The maximum Gasteiger partial charge on any atom is 0.220 e. The molecule has 0 radical (unpaired) electrons. The molecule has 0 spiro atoms. The highest BCUT2D eigenvalue weighted by molar-refractivity contribution is 5.76. The van der Waals surface area contributed by atoms with Crippen molar-refractivity contribution in [2.75, 3.05) is 28.3 Å². The monoisotopic (exact) mass is 356 g/mol. The third kappa shape index (κ3) is 5.77. The molecule has 0 saturated carbocycles. The van der Waals surface area contributed by atoms with E-state index >= 15 is 0 Å². The zero-order valence-corrected chi connectivity index (χ0v) is 16.0. The van der Waals surface area contributed by atoms with Gasteiger partial charge in [-0.15, -0.1) is 0 Å². The molecule has 2 aromatic carbocycles. The first-order valence-corrected chi connectivity index (χ1v) is 8.72. The molecule has 1 N–H and O–H groups in total. The number of nitrogens with zero attached hydrogens (tertiary/aromatic N) is 1. The number of aryl methyl sites for hydroxylation is 1. The molecule has 0 aliphatic rings. The van der Waals surface area contributed by atoms with Crippen LogP contribution in [0.2, 0.25) is 0 Å². The minimum absolute atomic E-state index is 0.0411. The van der Waals surface area contributed by atoms with Crippen LogP contribution in [0.25, 0.3) is 0 Å². The number of hydrogen-bond acceptors (Lipinski definition) is 4. The van der Waals surface area contributed by atoms with Crippen molar-refractivity contribution in [2.45, 2.75) is 25.9 Å². The van der Waals surface area contributed by atoms with Crippen LogP contribution in [-0.2, 0) is 24.3 Å². The fraction of sp³-hybridized carbons (Fsp3) is 0.381. The van der Waals surface area contributed by atoms with Crippen molar-refractivity contribution in [1.29, 1.82) is 0 Å². The molecule has 26 heavy (non-hydrogen) atoms.